The second-order valence-corrected chi connectivity index (χ2v) is 12.0. The largest absolute Gasteiger partial charge is 0.497 e. The number of rotatable bonds is 12. The molecule has 0 aliphatic carbocycles. The van der Waals surface area contributed by atoms with Crippen LogP contribution in [0.25, 0.3) is 6.08 Å². The number of ether oxygens (including phenoxy) is 1. The smallest absolute Gasteiger partial charge is 0.272 e. The maximum atomic E-state index is 13.6. The summed E-state index contributed by atoms with van der Waals surface area (Å²) in [4.78, 5) is 51.7. The molecule has 0 bridgehead atoms. The molecular formula is C38H32N4O6S. The number of benzene rings is 5. The molecule has 5 aromatic carbocycles. The van der Waals surface area contributed by atoms with Gasteiger partial charge in [0.2, 0.25) is 5.91 Å². The molecule has 0 aliphatic rings. The van der Waals surface area contributed by atoms with Crippen molar-refractivity contribution >= 4 is 52.6 Å². The number of hydrogen-bond acceptors (Lipinski definition) is 7. The minimum atomic E-state index is -0.689. The molecule has 0 spiro atoms. The van der Waals surface area contributed by atoms with Gasteiger partial charge in [0.05, 0.1) is 17.7 Å². The van der Waals surface area contributed by atoms with E-state index in [-0.39, 0.29) is 17.3 Å². The number of carbonyl (C=O) groups excluding carboxylic acids is 3. The molecule has 0 saturated carbocycles. The number of amides is 3. The first-order chi connectivity index (χ1) is 23.7. The van der Waals surface area contributed by atoms with E-state index in [4.69, 9.17) is 4.74 Å². The highest BCUT2D eigenvalue weighted by Gasteiger charge is 2.24. The molecular weight excluding hydrogens is 641 g/mol. The number of carbonyl (C=O) groups is 3. The van der Waals surface area contributed by atoms with Crippen molar-refractivity contribution in [1.29, 1.82) is 0 Å². The van der Waals surface area contributed by atoms with E-state index >= 15 is 0 Å². The fourth-order valence-corrected chi connectivity index (χ4v) is 5.77. The van der Waals surface area contributed by atoms with Gasteiger partial charge in [0, 0.05) is 28.3 Å². The van der Waals surface area contributed by atoms with Crippen LogP contribution in [0.3, 0.4) is 0 Å². The van der Waals surface area contributed by atoms with Crippen LogP contribution in [0.15, 0.2) is 138 Å². The highest BCUT2D eigenvalue weighted by Crippen LogP contribution is 2.37. The number of methoxy groups -OCH3 is 1. The van der Waals surface area contributed by atoms with Gasteiger partial charge in [-0.05, 0) is 78.2 Å². The van der Waals surface area contributed by atoms with Gasteiger partial charge in [0.1, 0.15) is 16.7 Å². The average Bonchev–Trinajstić information content (AvgIpc) is 3.12. The standard InChI is InChI=1S/C38H32N4O6S/c1-25-16-19-30(42(46)47)24-33(25)40-38(45)35(27-11-5-3-6-12-27)49-32-20-17-29(18-21-32)39-37(44)34(23-26-10-9-15-31(22-26)48-2)41-36(43)28-13-7-4-8-14-28/h3-24,35H,1-2H3,(H,39,44)(H,40,45)(H,41,43)/b34-23-. The van der Waals surface area contributed by atoms with Gasteiger partial charge in [-0.15, -0.1) is 11.8 Å². The summed E-state index contributed by atoms with van der Waals surface area (Å²) in [6, 6.07) is 36.1. The van der Waals surface area contributed by atoms with E-state index in [0.717, 1.165) is 10.5 Å². The van der Waals surface area contributed by atoms with Gasteiger partial charge in [-0.25, -0.2) is 0 Å². The molecule has 0 aromatic heterocycles. The van der Waals surface area contributed by atoms with Crippen molar-refractivity contribution in [3.05, 3.63) is 165 Å². The maximum absolute atomic E-state index is 13.6. The molecule has 49 heavy (non-hydrogen) atoms. The summed E-state index contributed by atoms with van der Waals surface area (Å²) < 4.78 is 5.30. The van der Waals surface area contributed by atoms with Crippen molar-refractivity contribution in [2.45, 2.75) is 17.1 Å². The average molecular weight is 673 g/mol. The third-order valence-corrected chi connectivity index (χ3v) is 8.60. The first kappa shape index (κ1) is 34.1. The van der Waals surface area contributed by atoms with Crippen LogP contribution < -0.4 is 20.7 Å². The van der Waals surface area contributed by atoms with E-state index < -0.39 is 22.0 Å². The third-order valence-electron chi connectivity index (χ3n) is 7.33. The second-order valence-electron chi connectivity index (χ2n) is 10.8. The SMILES string of the molecule is COc1cccc(/C=C(\NC(=O)c2ccccc2)C(=O)Nc2ccc(SC(C(=O)Nc3cc([N+](=O)[O-])ccc3C)c3ccccc3)cc2)c1. The van der Waals surface area contributed by atoms with Gasteiger partial charge in [0.25, 0.3) is 17.5 Å². The zero-order chi connectivity index (χ0) is 34.8. The lowest BCUT2D eigenvalue weighted by Crippen LogP contribution is -2.30. The highest BCUT2D eigenvalue weighted by atomic mass is 32.2. The number of aryl methyl sites for hydroxylation is 1. The fourth-order valence-electron chi connectivity index (χ4n) is 4.75. The predicted octanol–water partition coefficient (Wildman–Crippen LogP) is 7.79. The van der Waals surface area contributed by atoms with Crippen LogP contribution in [0.5, 0.6) is 5.75 Å². The van der Waals surface area contributed by atoms with Crippen LogP contribution in [0.1, 0.15) is 32.3 Å². The Labute approximate surface area is 287 Å². The maximum Gasteiger partial charge on any atom is 0.272 e. The highest BCUT2D eigenvalue weighted by molar-refractivity contribution is 8.00. The first-order valence-corrected chi connectivity index (χ1v) is 16.0. The quantitative estimate of drug-likeness (QED) is 0.0532. The summed E-state index contributed by atoms with van der Waals surface area (Å²) in [5.74, 6) is -0.735. The number of anilines is 2. The van der Waals surface area contributed by atoms with Crippen molar-refractivity contribution in [1.82, 2.24) is 5.32 Å². The Morgan fingerprint density at radius 3 is 2.18 bits per heavy atom. The molecule has 1 unspecified atom stereocenters. The zero-order valence-corrected chi connectivity index (χ0v) is 27.4. The summed E-state index contributed by atoms with van der Waals surface area (Å²) in [7, 11) is 1.54. The Kier molecular flexibility index (Phi) is 11.2. The molecule has 5 rings (SSSR count). The van der Waals surface area contributed by atoms with Crippen LogP contribution in [0, 0.1) is 17.0 Å². The second kappa shape index (κ2) is 16.1. The summed E-state index contributed by atoms with van der Waals surface area (Å²) >= 11 is 1.29. The summed E-state index contributed by atoms with van der Waals surface area (Å²) in [5.41, 5.74) is 3.20. The van der Waals surface area contributed by atoms with Gasteiger partial charge in [-0.3, -0.25) is 24.5 Å². The van der Waals surface area contributed by atoms with E-state index in [1.54, 1.807) is 105 Å². The molecule has 1 atom stereocenters. The summed E-state index contributed by atoms with van der Waals surface area (Å²) in [6.07, 6.45) is 1.56. The van der Waals surface area contributed by atoms with E-state index in [2.05, 4.69) is 16.0 Å². The number of nitro benzene ring substituents is 1. The topological polar surface area (TPSA) is 140 Å². The lowest BCUT2D eigenvalue weighted by atomic mass is 10.1. The lowest BCUT2D eigenvalue weighted by molar-refractivity contribution is -0.384. The number of hydrogen-bond donors (Lipinski definition) is 3. The van der Waals surface area contributed by atoms with Crippen LogP contribution in [0.2, 0.25) is 0 Å². The normalized spacial score (nSPS) is 11.6. The number of nitrogens with zero attached hydrogens (tertiary/aromatic N) is 1. The Bertz CT molecular complexity index is 2000. The predicted molar refractivity (Wildman–Crippen MR) is 191 cm³/mol. The van der Waals surface area contributed by atoms with E-state index in [9.17, 15) is 24.5 Å². The lowest BCUT2D eigenvalue weighted by Gasteiger charge is -2.18. The van der Waals surface area contributed by atoms with Gasteiger partial charge in [0.15, 0.2) is 0 Å². The number of thioether (sulfide) groups is 1. The van der Waals surface area contributed by atoms with Crippen LogP contribution in [-0.2, 0) is 9.59 Å². The fraction of sp³-hybridized carbons (Fsp3) is 0.0789. The molecule has 10 nitrogen and oxygen atoms in total. The van der Waals surface area contributed by atoms with Gasteiger partial charge < -0.3 is 20.7 Å². The van der Waals surface area contributed by atoms with E-state index in [0.29, 0.717) is 33.8 Å². The minimum Gasteiger partial charge on any atom is -0.497 e. The van der Waals surface area contributed by atoms with Crippen molar-refractivity contribution in [2.24, 2.45) is 0 Å². The van der Waals surface area contributed by atoms with Crippen LogP contribution >= 0.6 is 11.8 Å². The summed E-state index contributed by atoms with van der Waals surface area (Å²) in [6.45, 7) is 1.77. The van der Waals surface area contributed by atoms with Crippen molar-refractivity contribution < 1.29 is 24.0 Å². The van der Waals surface area contributed by atoms with Crippen LogP contribution in [-0.4, -0.2) is 29.8 Å². The Morgan fingerprint density at radius 2 is 1.51 bits per heavy atom. The molecule has 3 N–H and O–H groups in total. The Hall–Kier alpha value is -6.20. The first-order valence-electron chi connectivity index (χ1n) is 15.1. The number of nitrogens with one attached hydrogen (secondary N) is 3. The van der Waals surface area contributed by atoms with Crippen LogP contribution in [0.4, 0.5) is 17.1 Å². The van der Waals surface area contributed by atoms with E-state index in [1.165, 1.54) is 23.9 Å². The van der Waals surface area contributed by atoms with Gasteiger partial charge >= 0.3 is 0 Å². The third kappa shape index (κ3) is 9.21. The molecule has 0 fully saturated rings. The molecule has 3 amide bonds. The Morgan fingerprint density at radius 1 is 0.816 bits per heavy atom. The molecule has 11 heteroatoms. The van der Waals surface area contributed by atoms with Crippen molar-refractivity contribution in [3.8, 4) is 5.75 Å². The molecule has 246 valence electrons. The van der Waals surface area contributed by atoms with Crippen molar-refractivity contribution in [3.63, 3.8) is 0 Å². The number of nitro groups is 1. The van der Waals surface area contributed by atoms with E-state index in [1.807, 2.05) is 30.3 Å². The van der Waals surface area contributed by atoms with Crippen molar-refractivity contribution in [2.75, 3.05) is 17.7 Å². The summed E-state index contributed by atoms with van der Waals surface area (Å²) in [5, 5.41) is 19.1. The molecule has 5 aromatic rings. The Balaban J connectivity index is 1.35. The molecule has 0 saturated heterocycles. The van der Waals surface area contributed by atoms with Gasteiger partial charge in [-0.2, -0.15) is 0 Å². The van der Waals surface area contributed by atoms with Gasteiger partial charge in [-0.1, -0.05) is 66.7 Å². The monoisotopic (exact) mass is 672 g/mol. The minimum absolute atomic E-state index is 0.0258. The molecule has 0 aliphatic heterocycles. The number of non-ortho nitro benzene ring substituents is 1. The molecule has 0 radical (unpaired) electrons. The molecule has 0 heterocycles. The zero-order valence-electron chi connectivity index (χ0n) is 26.6.